The van der Waals surface area contributed by atoms with Crippen molar-refractivity contribution >= 4 is 27.5 Å². The minimum atomic E-state index is -0.379. The summed E-state index contributed by atoms with van der Waals surface area (Å²) in [5, 5.41) is 10.3. The minimum absolute atomic E-state index is 0.186. The number of hydrogen-bond acceptors (Lipinski definition) is 5. The number of phenols is 1. The summed E-state index contributed by atoms with van der Waals surface area (Å²) in [4.78, 5) is 17.5. The Hall–Kier alpha value is -2.40. The number of benzene rings is 1. The molecule has 0 unspecified atom stereocenters. The Bertz CT molecular complexity index is 777. The predicted molar refractivity (Wildman–Crippen MR) is 78.1 cm³/mol. The Morgan fingerprint density at radius 2 is 2.00 bits per heavy atom. The van der Waals surface area contributed by atoms with Crippen molar-refractivity contribution in [3.8, 4) is 16.9 Å². The SMILES string of the molecule is COC(=O)c1sc2ncccc2c1-c1ccc(O)cc1. The molecule has 3 rings (SSSR count). The average molecular weight is 285 g/mol. The molecule has 0 bridgehead atoms. The fourth-order valence-corrected chi connectivity index (χ4v) is 3.17. The van der Waals surface area contributed by atoms with E-state index in [0.29, 0.717) is 4.88 Å². The smallest absolute Gasteiger partial charge is 0.348 e. The summed E-state index contributed by atoms with van der Waals surface area (Å²) < 4.78 is 4.85. The lowest BCUT2D eigenvalue weighted by atomic mass is 10.0. The third kappa shape index (κ3) is 2.02. The third-order valence-electron chi connectivity index (χ3n) is 2.99. The van der Waals surface area contributed by atoms with Gasteiger partial charge in [0, 0.05) is 17.1 Å². The Balaban J connectivity index is 2.31. The molecule has 100 valence electrons. The fraction of sp³-hybridized carbons (Fsp3) is 0.0667. The highest BCUT2D eigenvalue weighted by atomic mass is 32.1. The number of hydrogen-bond donors (Lipinski definition) is 1. The van der Waals surface area contributed by atoms with Gasteiger partial charge in [0.05, 0.1) is 7.11 Å². The number of phenolic OH excluding ortho intramolecular Hbond substituents is 1. The number of rotatable bonds is 2. The van der Waals surface area contributed by atoms with E-state index < -0.39 is 0 Å². The maximum atomic E-state index is 12.0. The molecule has 1 aromatic carbocycles. The first-order valence-corrected chi connectivity index (χ1v) is 6.77. The van der Waals surface area contributed by atoms with Gasteiger partial charge in [-0.15, -0.1) is 11.3 Å². The Morgan fingerprint density at radius 3 is 2.70 bits per heavy atom. The molecule has 3 aromatic rings. The summed E-state index contributed by atoms with van der Waals surface area (Å²) in [5.74, 6) is -0.192. The van der Waals surface area contributed by atoms with E-state index in [0.717, 1.165) is 21.3 Å². The van der Waals surface area contributed by atoms with Gasteiger partial charge in [0.2, 0.25) is 0 Å². The zero-order valence-electron chi connectivity index (χ0n) is 10.7. The van der Waals surface area contributed by atoms with Crippen LogP contribution in [0.3, 0.4) is 0 Å². The van der Waals surface area contributed by atoms with Crippen LogP contribution in [-0.2, 0) is 4.74 Å². The number of aromatic hydroxyl groups is 1. The molecule has 0 radical (unpaired) electrons. The molecule has 2 heterocycles. The average Bonchev–Trinajstić information content (AvgIpc) is 2.87. The number of carbonyl (C=O) groups is 1. The summed E-state index contributed by atoms with van der Waals surface area (Å²) >= 11 is 1.31. The van der Waals surface area contributed by atoms with E-state index in [4.69, 9.17) is 4.74 Å². The molecule has 20 heavy (non-hydrogen) atoms. The lowest BCUT2D eigenvalue weighted by Gasteiger charge is -2.04. The van der Waals surface area contributed by atoms with Gasteiger partial charge in [-0.05, 0) is 29.8 Å². The van der Waals surface area contributed by atoms with E-state index in [9.17, 15) is 9.90 Å². The molecule has 0 saturated heterocycles. The van der Waals surface area contributed by atoms with Gasteiger partial charge in [0.15, 0.2) is 0 Å². The van der Waals surface area contributed by atoms with Crippen LogP contribution in [-0.4, -0.2) is 23.2 Å². The van der Waals surface area contributed by atoms with Crippen LogP contribution in [0, 0.1) is 0 Å². The quantitative estimate of drug-likeness (QED) is 0.733. The monoisotopic (exact) mass is 285 g/mol. The summed E-state index contributed by atoms with van der Waals surface area (Å²) in [6, 6.07) is 10.5. The maximum absolute atomic E-state index is 12.0. The van der Waals surface area contributed by atoms with Crippen molar-refractivity contribution in [2.75, 3.05) is 7.11 Å². The maximum Gasteiger partial charge on any atom is 0.348 e. The summed E-state index contributed by atoms with van der Waals surface area (Å²) in [6.45, 7) is 0. The van der Waals surface area contributed by atoms with Gasteiger partial charge >= 0.3 is 5.97 Å². The third-order valence-corrected chi connectivity index (χ3v) is 4.09. The molecular formula is C15H11NO3S. The molecule has 0 aliphatic rings. The number of fused-ring (bicyclic) bond motifs is 1. The van der Waals surface area contributed by atoms with Gasteiger partial charge < -0.3 is 9.84 Å². The Kier molecular flexibility index (Phi) is 3.12. The summed E-state index contributed by atoms with van der Waals surface area (Å²) in [6.07, 6.45) is 1.69. The lowest BCUT2D eigenvalue weighted by molar-refractivity contribution is 0.0607. The Morgan fingerprint density at radius 1 is 1.25 bits per heavy atom. The molecule has 0 atom stereocenters. The van der Waals surface area contributed by atoms with Crippen LogP contribution in [0.4, 0.5) is 0 Å². The van der Waals surface area contributed by atoms with Gasteiger partial charge in [-0.3, -0.25) is 0 Å². The van der Waals surface area contributed by atoms with Crippen molar-refractivity contribution in [1.82, 2.24) is 4.98 Å². The van der Waals surface area contributed by atoms with E-state index in [2.05, 4.69) is 4.98 Å². The first kappa shape index (κ1) is 12.6. The molecule has 0 saturated carbocycles. The number of nitrogens with zero attached hydrogens (tertiary/aromatic N) is 1. The molecule has 4 nitrogen and oxygen atoms in total. The zero-order valence-corrected chi connectivity index (χ0v) is 11.5. The first-order valence-electron chi connectivity index (χ1n) is 5.96. The predicted octanol–water partition coefficient (Wildman–Crippen LogP) is 3.46. The first-order chi connectivity index (χ1) is 9.70. The van der Waals surface area contributed by atoms with Crippen LogP contribution in [0.5, 0.6) is 5.75 Å². The number of pyridine rings is 1. The van der Waals surface area contributed by atoms with Gasteiger partial charge in [-0.1, -0.05) is 12.1 Å². The summed E-state index contributed by atoms with van der Waals surface area (Å²) in [7, 11) is 1.36. The highest BCUT2D eigenvalue weighted by Crippen LogP contribution is 2.38. The van der Waals surface area contributed by atoms with E-state index in [-0.39, 0.29) is 11.7 Å². The fourth-order valence-electron chi connectivity index (χ4n) is 2.08. The van der Waals surface area contributed by atoms with Crippen molar-refractivity contribution in [2.45, 2.75) is 0 Å². The van der Waals surface area contributed by atoms with Crippen molar-refractivity contribution in [2.24, 2.45) is 0 Å². The van der Waals surface area contributed by atoms with Crippen LogP contribution in [0.25, 0.3) is 21.3 Å². The van der Waals surface area contributed by atoms with E-state index >= 15 is 0 Å². The molecular weight excluding hydrogens is 274 g/mol. The molecule has 0 aliphatic heterocycles. The van der Waals surface area contributed by atoms with Gasteiger partial charge in [0.25, 0.3) is 0 Å². The molecule has 0 spiro atoms. The highest BCUT2D eigenvalue weighted by Gasteiger charge is 2.20. The number of ether oxygens (including phenoxy) is 1. The van der Waals surface area contributed by atoms with E-state index in [1.54, 1.807) is 30.5 Å². The number of thiophene rings is 1. The molecule has 0 aliphatic carbocycles. The van der Waals surface area contributed by atoms with Crippen LogP contribution < -0.4 is 0 Å². The van der Waals surface area contributed by atoms with Crippen LogP contribution in [0.1, 0.15) is 9.67 Å². The van der Waals surface area contributed by atoms with E-state index in [1.165, 1.54) is 18.4 Å². The van der Waals surface area contributed by atoms with Gasteiger partial charge in [-0.2, -0.15) is 0 Å². The van der Waals surface area contributed by atoms with Crippen molar-refractivity contribution < 1.29 is 14.6 Å². The van der Waals surface area contributed by atoms with Crippen molar-refractivity contribution in [3.05, 3.63) is 47.5 Å². The molecule has 1 N–H and O–H groups in total. The van der Waals surface area contributed by atoms with Crippen molar-refractivity contribution in [3.63, 3.8) is 0 Å². The second-order valence-electron chi connectivity index (χ2n) is 4.20. The van der Waals surface area contributed by atoms with E-state index in [1.807, 2.05) is 12.1 Å². The second-order valence-corrected chi connectivity index (χ2v) is 5.20. The topological polar surface area (TPSA) is 59.4 Å². The van der Waals surface area contributed by atoms with Gasteiger partial charge in [-0.25, -0.2) is 9.78 Å². The Labute approximate surface area is 119 Å². The summed E-state index contributed by atoms with van der Waals surface area (Å²) in [5.41, 5.74) is 1.65. The number of carbonyl (C=O) groups excluding carboxylic acids is 1. The normalized spacial score (nSPS) is 10.7. The second kappa shape index (κ2) is 4.94. The largest absolute Gasteiger partial charge is 0.508 e. The highest BCUT2D eigenvalue weighted by molar-refractivity contribution is 7.21. The minimum Gasteiger partial charge on any atom is -0.508 e. The number of aromatic nitrogens is 1. The van der Waals surface area contributed by atoms with Crippen LogP contribution >= 0.6 is 11.3 Å². The standard InChI is InChI=1S/C15H11NO3S/c1-19-15(18)13-12(9-4-6-10(17)7-5-9)11-3-2-8-16-14(11)20-13/h2-8,17H,1H3. The van der Waals surface area contributed by atoms with Crippen LogP contribution in [0.2, 0.25) is 0 Å². The number of methoxy groups -OCH3 is 1. The molecule has 5 heteroatoms. The van der Waals surface area contributed by atoms with Crippen LogP contribution in [0.15, 0.2) is 42.6 Å². The molecule has 0 amide bonds. The molecule has 2 aromatic heterocycles. The molecule has 0 fully saturated rings. The van der Waals surface area contributed by atoms with Crippen molar-refractivity contribution in [1.29, 1.82) is 0 Å². The zero-order chi connectivity index (χ0) is 14.1. The van der Waals surface area contributed by atoms with Gasteiger partial charge in [0.1, 0.15) is 15.5 Å². The lowest BCUT2D eigenvalue weighted by Crippen LogP contribution is -1.99. The number of esters is 1.